The Hall–Kier alpha value is -1.40. The van der Waals surface area contributed by atoms with Crippen molar-refractivity contribution < 1.29 is 9.59 Å². The summed E-state index contributed by atoms with van der Waals surface area (Å²) in [6, 6.07) is 2.28. The lowest BCUT2D eigenvalue weighted by atomic mass is 10.0. The number of nitrogens with zero attached hydrogens (tertiary/aromatic N) is 1. The number of likely N-dealkylation sites (tertiary alicyclic amines) is 1. The molecule has 5 nitrogen and oxygen atoms in total. The van der Waals surface area contributed by atoms with Crippen LogP contribution in [0.25, 0.3) is 0 Å². The number of amides is 2. The van der Waals surface area contributed by atoms with Gasteiger partial charge in [-0.15, -0.1) is 0 Å². The largest absolute Gasteiger partial charge is 0.355 e. The highest BCUT2D eigenvalue weighted by Gasteiger charge is 2.21. The van der Waals surface area contributed by atoms with Gasteiger partial charge in [-0.3, -0.25) is 14.5 Å². The minimum absolute atomic E-state index is 0.0625. The fourth-order valence-corrected chi connectivity index (χ4v) is 3.61. The molecule has 0 unspecified atom stereocenters. The highest BCUT2D eigenvalue weighted by atomic mass is 32.1. The summed E-state index contributed by atoms with van der Waals surface area (Å²) < 4.78 is 0. The quantitative estimate of drug-likeness (QED) is 0.715. The van der Waals surface area contributed by atoms with E-state index in [9.17, 15) is 9.59 Å². The van der Waals surface area contributed by atoms with Gasteiger partial charge in [-0.05, 0) is 43.8 Å². The predicted octanol–water partition coefficient (Wildman–Crippen LogP) is 2.25. The summed E-state index contributed by atoms with van der Waals surface area (Å²) in [4.78, 5) is 26.1. The maximum absolute atomic E-state index is 11.9. The molecule has 1 saturated heterocycles. The summed E-state index contributed by atoms with van der Waals surface area (Å²) in [5, 5.41) is 9.59. The fraction of sp³-hybridized carbons (Fsp3) is 0.647. The summed E-state index contributed by atoms with van der Waals surface area (Å²) in [5.41, 5.74) is 0.691. The Morgan fingerprint density at radius 3 is 2.96 bits per heavy atom. The average molecular weight is 337 g/mol. The maximum Gasteiger partial charge on any atom is 0.252 e. The molecule has 0 aliphatic carbocycles. The van der Waals surface area contributed by atoms with Crippen LogP contribution in [0.3, 0.4) is 0 Å². The molecule has 2 rings (SSSR count). The number of rotatable bonds is 8. The van der Waals surface area contributed by atoms with E-state index in [1.807, 2.05) is 10.8 Å². The molecule has 0 bridgehead atoms. The Balaban J connectivity index is 1.57. The molecule has 2 heterocycles. The van der Waals surface area contributed by atoms with Gasteiger partial charge in [0.2, 0.25) is 5.91 Å². The summed E-state index contributed by atoms with van der Waals surface area (Å²) in [6.45, 7) is 5.65. The molecule has 1 aliphatic rings. The second-order valence-corrected chi connectivity index (χ2v) is 6.73. The summed E-state index contributed by atoms with van der Waals surface area (Å²) in [6.07, 6.45) is 4.82. The minimum atomic E-state index is -0.0625. The van der Waals surface area contributed by atoms with Crippen LogP contribution >= 0.6 is 11.3 Å². The Bertz CT molecular complexity index is 490. The van der Waals surface area contributed by atoms with Gasteiger partial charge in [0.15, 0.2) is 0 Å². The van der Waals surface area contributed by atoms with Crippen molar-refractivity contribution >= 4 is 23.2 Å². The van der Waals surface area contributed by atoms with Gasteiger partial charge in [-0.25, -0.2) is 0 Å². The molecule has 0 spiro atoms. The van der Waals surface area contributed by atoms with E-state index in [4.69, 9.17) is 0 Å². The van der Waals surface area contributed by atoms with Gasteiger partial charge in [-0.1, -0.05) is 13.3 Å². The SMILES string of the molecule is CCN1CCCC[C@@H]1CNC(=O)CCCNC(=O)c1ccsc1. The lowest BCUT2D eigenvalue weighted by Gasteiger charge is -2.34. The van der Waals surface area contributed by atoms with Crippen LogP contribution in [0, 0.1) is 0 Å². The Kier molecular flexibility index (Phi) is 7.55. The molecule has 0 radical (unpaired) electrons. The van der Waals surface area contributed by atoms with Crippen LogP contribution in [-0.2, 0) is 4.79 Å². The van der Waals surface area contributed by atoms with Crippen LogP contribution in [0.1, 0.15) is 49.4 Å². The maximum atomic E-state index is 11.9. The first-order valence-corrected chi connectivity index (χ1v) is 9.46. The topological polar surface area (TPSA) is 61.4 Å². The molecule has 1 fully saturated rings. The summed E-state index contributed by atoms with van der Waals surface area (Å²) in [7, 11) is 0. The molecule has 2 amide bonds. The van der Waals surface area contributed by atoms with Gasteiger partial charge in [0.05, 0.1) is 0 Å². The van der Waals surface area contributed by atoms with Gasteiger partial charge < -0.3 is 10.6 Å². The van der Waals surface area contributed by atoms with Crippen LogP contribution in [0.15, 0.2) is 16.8 Å². The zero-order chi connectivity index (χ0) is 16.5. The Labute approximate surface area is 142 Å². The van der Waals surface area contributed by atoms with Gasteiger partial charge in [0.25, 0.3) is 5.91 Å². The van der Waals surface area contributed by atoms with Crippen molar-refractivity contribution in [3.8, 4) is 0 Å². The van der Waals surface area contributed by atoms with E-state index >= 15 is 0 Å². The number of hydrogen-bond acceptors (Lipinski definition) is 4. The van der Waals surface area contributed by atoms with Crippen molar-refractivity contribution in [1.82, 2.24) is 15.5 Å². The molecular formula is C17H27N3O2S. The second kappa shape index (κ2) is 9.67. The second-order valence-electron chi connectivity index (χ2n) is 5.95. The summed E-state index contributed by atoms with van der Waals surface area (Å²) >= 11 is 1.51. The molecule has 23 heavy (non-hydrogen) atoms. The van der Waals surface area contributed by atoms with Gasteiger partial charge in [0, 0.05) is 36.5 Å². The number of thiophene rings is 1. The van der Waals surface area contributed by atoms with Crippen molar-refractivity contribution in [3.05, 3.63) is 22.4 Å². The van der Waals surface area contributed by atoms with Crippen LogP contribution in [0.2, 0.25) is 0 Å². The molecular weight excluding hydrogens is 310 g/mol. The van der Waals surface area contributed by atoms with E-state index in [1.165, 1.54) is 30.6 Å². The molecule has 1 aromatic rings. The monoisotopic (exact) mass is 337 g/mol. The first kappa shape index (κ1) is 17.9. The van der Waals surface area contributed by atoms with Crippen LogP contribution < -0.4 is 10.6 Å². The number of piperidine rings is 1. The van der Waals surface area contributed by atoms with Gasteiger partial charge in [0.1, 0.15) is 0 Å². The number of hydrogen-bond donors (Lipinski definition) is 2. The van der Waals surface area contributed by atoms with Crippen molar-refractivity contribution in [2.45, 2.75) is 45.1 Å². The number of carbonyl (C=O) groups is 2. The van der Waals surface area contributed by atoms with Crippen LogP contribution in [-0.4, -0.2) is 48.9 Å². The first-order chi connectivity index (χ1) is 11.2. The van der Waals surface area contributed by atoms with E-state index in [0.29, 0.717) is 31.0 Å². The van der Waals surface area contributed by atoms with E-state index in [2.05, 4.69) is 22.5 Å². The highest BCUT2D eigenvalue weighted by Crippen LogP contribution is 2.15. The normalized spacial score (nSPS) is 18.6. The number of nitrogens with one attached hydrogen (secondary N) is 2. The van der Waals surface area contributed by atoms with E-state index in [-0.39, 0.29) is 11.8 Å². The van der Waals surface area contributed by atoms with Gasteiger partial charge >= 0.3 is 0 Å². The molecule has 0 saturated carbocycles. The van der Waals surface area contributed by atoms with E-state index in [0.717, 1.165) is 19.6 Å². The third-order valence-electron chi connectivity index (χ3n) is 4.34. The van der Waals surface area contributed by atoms with E-state index < -0.39 is 0 Å². The molecule has 6 heteroatoms. The molecule has 2 N–H and O–H groups in total. The van der Waals surface area contributed by atoms with Crippen molar-refractivity contribution in [1.29, 1.82) is 0 Å². The fourth-order valence-electron chi connectivity index (χ4n) is 2.97. The molecule has 1 aliphatic heterocycles. The highest BCUT2D eigenvalue weighted by molar-refractivity contribution is 7.08. The standard InChI is InChI=1S/C17H27N3O2S/c1-2-20-10-4-3-6-15(20)12-19-16(21)7-5-9-18-17(22)14-8-11-23-13-14/h8,11,13,15H,2-7,9-10,12H2,1H3,(H,18,22)(H,19,21)/t15-/m1/s1. The van der Waals surface area contributed by atoms with Crippen molar-refractivity contribution in [2.75, 3.05) is 26.2 Å². The van der Waals surface area contributed by atoms with Gasteiger partial charge in [-0.2, -0.15) is 11.3 Å². The predicted molar refractivity (Wildman–Crippen MR) is 93.8 cm³/mol. The molecule has 0 aromatic carbocycles. The Morgan fingerprint density at radius 1 is 1.35 bits per heavy atom. The van der Waals surface area contributed by atoms with E-state index in [1.54, 1.807) is 6.07 Å². The number of carbonyl (C=O) groups excluding carboxylic acids is 2. The van der Waals surface area contributed by atoms with Crippen LogP contribution in [0.5, 0.6) is 0 Å². The third-order valence-corrected chi connectivity index (χ3v) is 5.02. The molecule has 1 atom stereocenters. The van der Waals surface area contributed by atoms with Crippen LogP contribution in [0.4, 0.5) is 0 Å². The van der Waals surface area contributed by atoms with Crippen molar-refractivity contribution in [3.63, 3.8) is 0 Å². The first-order valence-electron chi connectivity index (χ1n) is 8.52. The zero-order valence-electron chi connectivity index (χ0n) is 13.8. The third kappa shape index (κ3) is 5.95. The van der Waals surface area contributed by atoms with Crippen molar-refractivity contribution in [2.24, 2.45) is 0 Å². The zero-order valence-corrected chi connectivity index (χ0v) is 14.7. The smallest absolute Gasteiger partial charge is 0.252 e. The lowest BCUT2D eigenvalue weighted by molar-refractivity contribution is -0.121. The average Bonchev–Trinajstić information content (AvgIpc) is 3.11. The molecule has 128 valence electrons. The Morgan fingerprint density at radius 2 is 2.22 bits per heavy atom. The summed E-state index contributed by atoms with van der Waals surface area (Å²) in [5.74, 6) is 0.0175. The molecule has 1 aromatic heterocycles. The number of likely N-dealkylation sites (N-methyl/N-ethyl adjacent to an activating group) is 1. The lowest BCUT2D eigenvalue weighted by Crippen LogP contribution is -2.46. The minimum Gasteiger partial charge on any atom is -0.355 e.